The van der Waals surface area contributed by atoms with Gasteiger partial charge in [0.2, 0.25) is 0 Å². The lowest BCUT2D eigenvalue weighted by Crippen LogP contribution is -2.20. The summed E-state index contributed by atoms with van der Waals surface area (Å²) in [5.74, 6) is 1.35. The SMILES string of the molecule is CC1=CC(=N)C2CCCCC12. The molecule has 0 amide bonds. The van der Waals surface area contributed by atoms with E-state index in [2.05, 4.69) is 13.0 Å². The summed E-state index contributed by atoms with van der Waals surface area (Å²) in [6, 6.07) is 0. The lowest BCUT2D eigenvalue weighted by atomic mass is 9.78. The van der Waals surface area contributed by atoms with E-state index in [0.717, 1.165) is 11.6 Å². The molecular weight excluding hydrogens is 134 g/mol. The van der Waals surface area contributed by atoms with E-state index in [0.29, 0.717) is 5.92 Å². The smallest absolute Gasteiger partial charge is 0.0350 e. The van der Waals surface area contributed by atoms with Crippen LogP contribution in [0.3, 0.4) is 0 Å². The van der Waals surface area contributed by atoms with Gasteiger partial charge in [-0.1, -0.05) is 18.4 Å². The van der Waals surface area contributed by atoms with Crippen molar-refractivity contribution in [3.05, 3.63) is 11.6 Å². The summed E-state index contributed by atoms with van der Waals surface area (Å²) in [5.41, 5.74) is 2.35. The maximum Gasteiger partial charge on any atom is 0.0350 e. The van der Waals surface area contributed by atoms with Gasteiger partial charge in [0.05, 0.1) is 0 Å². The average molecular weight is 149 g/mol. The van der Waals surface area contributed by atoms with Gasteiger partial charge < -0.3 is 5.41 Å². The quantitative estimate of drug-likeness (QED) is 0.547. The van der Waals surface area contributed by atoms with Crippen molar-refractivity contribution in [3.63, 3.8) is 0 Å². The molecule has 1 fully saturated rings. The first-order valence-corrected chi connectivity index (χ1v) is 4.55. The van der Waals surface area contributed by atoms with Crippen molar-refractivity contribution in [2.75, 3.05) is 0 Å². The molecule has 1 N–H and O–H groups in total. The molecule has 2 aliphatic carbocycles. The van der Waals surface area contributed by atoms with E-state index in [9.17, 15) is 0 Å². The monoisotopic (exact) mass is 149 g/mol. The second-order valence-corrected chi connectivity index (χ2v) is 3.84. The van der Waals surface area contributed by atoms with Crippen LogP contribution in [0, 0.1) is 17.2 Å². The van der Waals surface area contributed by atoms with E-state index >= 15 is 0 Å². The Balaban J connectivity index is 2.21. The summed E-state index contributed by atoms with van der Waals surface area (Å²) in [5, 5.41) is 7.73. The highest BCUT2D eigenvalue weighted by Crippen LogP contribution is 2.39. The van der Waals surface area contributed by atoms with E-state index in [1.165, 1.54) is 31.3 Å². The molecule has 0 aromatic rings. The van der Waals surface area contributed by atoms with Crippen LogP contribution in [0.4, 0.5) is 0 Å². The van der Waals surface area contributed by atoms with Gasteiger partial charge in [0.15, 0.2) is 0 Å². The number of hydrogen-bond acceptors (Lipinski definition) is 1. The average Bonchev–Trinajstić information content (AvgIpc) is 2.30. The summed E-state index contributed by atoms with van der Waals surface area (Å²) < 4.78 is 0. The Morgan fingerprint density at radius 2 is 1.91 bits per heavy atom. The molecule has 2 unspecified atom stereocenters. The van der Waals surface area contributed by atoms with Crippen molar-refractivity contribution in [1.82, 2.24) is 0 Å². The summed E-state index contributed by atoms with van der Waals surface area (Å²) in [7, 11) is 0. The van der Waals surface area contributed by atoms with Gasteiger partial charge in [-0.3, -0.25) is 0 Å². The number of fused-ring (bicyclic) bond motifs is 1. The second kappa shape index (κ2) is 2.47. The van der Waals surface area contributed by atoms with Crippen LogP contribution in [0.15, 0.2) is 11.6 Å². The predicted octanol–water partition coefficient (Wildman–Crippen LogP) is 2.77. The minimum Gasteiger partial charge on any atom is -0.305 e. The fourth-order valence-corrected chi connectivity index (χ4v) is 2.51. The molecule has 2 atom stereocenters. The van der Waals surface area contributed by atoms with Crippen LogP contribution < -0.4 is 0 Å². The zero-order chi connectivity index (χ0) is 7.84. The maximum absolute atomic E-state index is 7.73. The summed E-state index contributed by atoms with van der Waals surface area (Å²) in [6.45, 7) is 2.19. The fourth-order valence-electron chi connectivity index (χ4n) is 2.51. The summed E-state index contributed by atoms with van der Waals surface area (Å²) in [4.78, 5) is 0. The molecule has 2 aliphatic rings. The summed E-state index contributed by atoms with van der Waals surface area (Å²) >= 11 is 0. The Hall–Kier alpha value is -0.590. The van der Waals surface area contributed by atoms with Crippen molar-refractivity contribution < 1.29 is 0 Å². The largest absolute Gasteiger partial charge is 0.305 e. The zero-order valence-electron chi connectivity index (χ0n) is 7.06. The Kier molecular flexibility index (Phi) is 1.59. The first-order valence-electron chi connectivity index (χ1n) is 4.55. The number of rotatable bonds is 0. The number of nitrogens with one attached hydrogen (secondary N) is 1. The van der Waals surface area contributed by atoms with Crippen molar-refractivity contribution >= 4 is 5.71 Å². The Morgan fingerprint density at radius 3 is 2.55 bits per heavy atom. The van der Waals surface area contributed by atoms with E-state index in [1.807, 2.05) is 0 Å². The molecule has 1 heteroatoms. The van der Waals surface area contributed by atoms with Crippen molar-refractivity contribution in [2.45, 2.75) is 32.6 Å². The first-order chi connectivity index (χ1) is 5.29. The zero-order valence-corrected chi connectivity index (χ0v) is 7.06. The fraction of sp³-hybridized carbons (Fsp3) is 0.700. The number of hydrogen-bond donors (Lipinski definition) is 1. The molecular formula is C10H15N. The number of allylic oxidation sites excluding steroid dienone is 2. The van der Waals surface area contributed by atoms with Gasteiger partial charge in [-0.2, -0.15) is 0 Å². The van der Waals surface area contributed by atoms with Crippen molar-refractivity contribution in [3.8, 4) is 0 Å². The first kappa shape index (κ1) is 7.08. The third-order valence-electron chi connectivity index (χ3n) is 3.13. The standard InChI is InChI=1S/C10H15N/c1-7-6-10(11)9-5-3-2-4-8(7)9/h6,8-9,11H,2-5H2,1H3. The van der Waals surface area contributed by atoms with E-state index in [1.54, 1.807) is 0 Å². The van der Waals surface area contributed by atoms with Gasteiger partial charge in [-0.25, -0.2) is 0 Å². The summed E-state index contributed by atoms with van der Waals surface area (Å²) in [6.07, 6.45) is 7.39. The van der Waals surface area contributed by atoms with Gasteiger partial charge in [0.1, 0.15) is 0 Å². The highest BCUT2D eigenvalue weighted by atomic mass is 14.5. The van der Waals surface area contributed by atoms with Crippen LogP contribution in [-0.4, -0.2) is 5.71 Å². The Bertz CT molecular complexity index is 215. The third-order valence-corrected chi connectivity index (χ3v) is 3.13. The molecule has 0 aromatic heterocycles. The van der Waals surface area contributed by atoms with Crippen LogP contribution in [0.25, 0.3) is 0 Å². The van der Waals surface area contributed by atoms with E-state index in [-0.39, 0.29) is 0 Å². The van der Waals surface area contributed by atoms with Gasteiger partial charge in [0.25, 0.3) is 0 Å². The predicted molar refractivity (Wildman–Crippen MR) is 46.9 cm³/mol. The molecule has 60 valence electrons. The Morgan fingerprint density at radius 1 is 1.27 bits per heavy atom. The van der Waals surface area contributed by atoms with Gasteiger partial charge in [-0.15, -0.1) is 0 Å². The molecule has 2 rings (SSSR count). The second-order valence-electron chi connectivity index (χ2n) is 3.84. The van der Waals surface area contributed by atoms with Crippen LogP contribution in [-0.2, 0) is 0 Å². The normalized spacial score (nSPS) is 36.8. The Labute approximate surface area is 68.0 Å². The molecule has 1 nitrogen and oxygen atoms in total. The highest BCUT2D eigenvalue weighted by molar-refractivity contribution is 5.97. The molecule has 11 heavy (non-hydrogen) atoms. The van der Waals surface area contributed by atoms with Crippen LogP contribution in [0.5, 0.6) is 0 Å². The molecule has 0 aliphatic heterocycles. The molecule has 0 radical (unpaired) electrons. The topological polar surface area (TPSA) is 23.9 Å². The minimum atomic E-state index is 0.601. The van der Waals surface area contributed by atoms with Crippen molar-refractivity contribution in [2.24, 2.45) is 11.8 Å². The van der Waals surface area contributed by atoms with Crippen LogP contribution in [0.2, 0.25) is 0 Å². The van der Waals surface area contributed by atoms with Crippen molar-refractivity contribution in [1.29, 1.82) is 5.41 Å². The molecule has 0 bridgehead atoms. The van der Waals surface area contributed by atoms with Gasteiger partial charge in [0, 0.05) is 11.6 Å². The highest BCUT2D eigenvalue weighted by Gasteiger charge is 2.32. The van der Waals surface area contributed by atoms with Gasteiger partial charge >= 0.3 is 0 Å². The van der Waals surface area contributed by atoms with Gasteiger partial charge in [-0.05, 0) is 31.8 Å². The minimum absolute atomic E-state index is 0.601. The molecule has 0 heterocycles. The molecule has 0 spiro atoms. The maximum atomic E-state index is 7.73. The lowest BCUT2D eigenvalue weighted by Gasteiger charge is -2.26. The molecule has 1 saturated carbocycles. The third kappa shape index (κ3) is 1.03. The van der Waals surface area contributed by atoms with Crippen LogP contribution in [0.1, 0.15) is 32.6 Å². The van der Waals surface area contributed by atoms with E-state index in [4.69, 9.17) is 5.41 Å². The lowest BCUT2D eigenvalue weighted by molar-refractivity contribution is 0.352. The molecule has 0 aromatic carbocycles. The molecule has 0 saturated heterocycles. The van der Waals surface area contributed by atoms with Crippen LogP contribution >= 0.6 is 0 Å². The van der Waals surface area contributed by atoms with E-state index < -0.39 is 0 Å².